The maximum Gasteiger partial charge on any atom is 0.228 e. The monoisotopic (exact) mass is 302 g/mol. The first-order chi connectivity index (χ1) is 8.65. The normalized spacial score (nSPS) is 13.3. The van der Waals surface area contributed by atoms with Gasteiger partial charge in [0, 0.05) is 4.47 Å². The predicted molar refractivity (Wildman–Crippen MR) is 76.3 cm³/mol. The Morgan fingerprint density at radius 1 is 1.22 bits per heavy atom. The van der Waals surface area contributed by atoms with Gasteiger partial charge in [0.05, 0.1) is 17.8 Å². The molecule has 0 aliphatic carbocycles. The summed E-state index contributed by atoms with van der Waals surface area (Å²) in [5, 5.41) is 2.78. The lowest BCUT2D eigenvalue weighted by Gasteiger charge is -2.09. The smallest absolute Gasteiger partial charge is 0.228 e. The van der Waals surface area contributed by atoms with E-state index in [9.17, 15) is 4.79 Å². The minimum atomic E-state index is 0.000905. The molecule has 4 heteroatoms. The molecule has 1 amide bonds. The van der Waals surface area contributed by atoms with Gasteiger partial charge < -0.3 is 11.1 Å². The van der Waals surface area contributed by atoms with Crippen LogP contribution < -0.4 is 11.1 Å². The number of carbonyl (C=O) groups is 1. The van der Waals surface area contributed by atoms with E-state index in [1.165, 1.54) is 0 Å². The highest BCUT2D eigenvalue weighted by molar-refractivity contribution is 9.10. The van der Waals surface area contributed by atoms with Crippen molar-refractivity contribution in [3.8, 4) is 11.1 Å². The summed E-state index contributed by atoms with van der Waals surface area (Å²) in [6, 6.07) is 11.9. The van der Waals surface area contributed by atoms with Crippen LogP contribution >= 0.6 is 15.9 Å². The summed E-state index contributed by atoms with van der Waals surface area (Å²) < 4.78 is 1.02. The van der Waals surface area contributed by atoms with Gasteiger partial charge in [-0.05, 0) is 34.9 Å². The zero-order valence-electron chi connectivity index (χ0n) is 9.53. The Morgan fingerprint density at radius 3 is 2.78 bits per heavy atom. The van der Waals surface area contributed by atoms with Crippen LogP contribution in [0.25, 0.3) is 11.1 Å². The van der Waals surface area contributed by atoms with Crippen molar-refractivity contribution in [3.63, 3.8) is 0 Å². The zero-order valence-corrected chi connectivity index (χ0v) is 11.1. The summed E-state index contributed by atoms with van der Waals surface area (Å²) in [7, 11) is 0. The number of hydrogen-bond donors (Lipinski definition) is 2. The molecule has 1 aliphatic rings. The highest BCUT2D eigenvalue weighted by Gasteiger charge is 2.21. The van der Waals surface area contributed by atoms with E-state index in [1.807, 2.05) is 36.4 Å². The predicted octanol–water partition coefficient (Wildman–Crippen LogP) is 3.19. The summed E-state index contributed by atoms with van der Waals surface area (Å²) in [4.78, 5) is 11.4. The molecule has 1 heterocycles. The van der Waals surface area contributed by atoms with E-state index in [0.29, 0.717) is 12.1 Å². The number of nitrogens with two attached hydrogens (primary N) is 1. The first-order valence-electron chi connectivity index (χ1n) is 5.62. The average Bonchev–Trinajstić information content (AvgIpc) is 2.71. The van der Waals surface area contributed by atoms with Crippen LogP contribution in [0, 0.1) is 0 Å². The van der Waals surface area contributed by atoms with Crippen molar-refractivity contribution < 1.29 is 4.79 Å². The van der Waals surface area contributed by atoms with Crippen LogP contribution in [0.2, 0.25) is 0 Å². The molecule has 90 valence electrons. The summed E-state index contributed by atoms with van der Waals surface area (Å²) in [6.07, 6.45) is 0.401. The molecule has 0 aromatic heterocycles. The molecule has 3 nitrogen and oxygen atoms in total. The molecular formula is C14H11BrN2O. The lowest BCUT2D eigenvalue weighted by molar-refractivity contribution is -0.115. The van der Waals surface area contributed by atoms with Gasteiger partial charge in [-0.2, -0.15) is 0 Å². The first kappa shape index (κ1) is 11.3. The SMILES string of the molecule is Nc1cc(-c2ccccc2Br)cc2c1NC(=O)C2. The van der Waals surface area contributed by atoms with Crippen molar-refractivity contribution >= 4 is 33.2 Å². The first-order valence-corrected chi connectivity index (χ1v) is 6.41. The van der Waals surface area contributed by atoms with Crippen molar-refractivity contribution in [2.45, 2.75) is 6.42 Å². The molecule has 0 fully saturated rings. The number of nitrogens with one attached hydrogen (secondary N) is 1. The van der Waals surface area contributed by atoms with Crippen LogP contribution in [0.3, 0.4) is 0 Å². The fourth-order valence-electron chi connectivity index (χ4n) is 2.23. The van der Waals surface area contributed by atoms with E-state index < -0.39 is 0 Å². The Bertz CT molecular complexity index is 652. The Morgan fingerprint density at radius 2 is 2.00 bits per heavy atom. The van der Waals surface area contributed by atoms with Crippen LogP contribution in [0.15, 0.2) is 40.9 Å². The summed E-state index contributed by atoms with van der Waals surface area (Å²) in [6.45, 7) is 0. The molecule has 2 aromatic rings. The number of fused-ring (bicyclic) bond motifs is 1. The van der Waals surface area contributed by atoms with Gasteiger partial charge in [-0.1, -0.05) is 34.1 Å². The van der Waals surface area contributed by atoms with Gasteiger partial charge in [-0.15, -0.1) is 0 Å². The largest absolute Gasteiger partial charge is 0.397 e. The number of nitrogen functional groups attached to an aromatic ring is 1. The third-order valence-electron chi connectivity index (χ3n) is 3.05. The van der Waals surface area contributed by atoms with Crippen LogP contribution in [-0.2, 0) is 11.2 Å². The van der Waals surface area contributed by atoms with Crippen molar-refractivity contribution in [2.24, 2.45) is 0 Å². The van der Waals surface area contributed by atoms with Gasteiger partial charge >= 0.3 is 0 Å². The number of amides is 1. The van der Waals surface area contributed by atoms with E-state index in [0.717, 1.165) is 26.9 Å². The van der Waals surface area contributed by atoms with Crippen molar-refractivity contribution in [1.82, 2.24) is 0 Å². The molecule has 18 heavy (non-hydrogen) atoms. The van der Waals surface area contributed by atoms with Crippen molar-refractivity contribution in [2.75, 3.05) is 11.1 Å². The number of carbonyl (C=O) groups excluding carboxylic acids is 1. The van der Waals surface area contributed by atoms with Gasteiger partial charge in [0.25, 0.3) is 0 Å². The van der Waals surface area contributed by atoms with Crippen LogP contribution in [0.4, 0.5) is 11.4 Å². The standard InChI is InChI=1S/C14H11BrN2O/c15-11-4-2-1-3-10(11)8-5-9-7-13(18)17-14(9)12(16)6-8/h1-6H,7,16H2,(H,17,18). The van der Waals surface area contributed by atoms with Gasteiger partial charge in [0.1, 0.15) is 0 Å². The molecular weight excluding hydrogens is 292 g/mol. The fraction of sp³-hybridized carbons (Fsp3) is 0.0714. The van der Waals surface area contributed by atoms with E-state index >= 15 is 0 Å². The second kappa shape index (κ2) is 4.14. The lowest BCUT2D eigenvalue weighted by Crippen LogP contribution is -2.04. The van der Waals surface area contributed by atoms with Gasteiger partial charge in [0.2, 0.25) is 5.91 Å². The van der Waals surface area contributed by atoms with E-state index in [4.69, 9.17) is 5.73 Å². The van der Waals surface area contributed by atoms with Gasteiger partial charge in [0.15, 0.2) is 0 Å². The number of anilines is 2. The number of rotatable bonds is 1. The van der Waals surface area contributed by atoms with Crippen molar-refractivity contribution in [3.05, 3.63) is 46.4 Å². The fourth-order valence-corrected chi connectivity index (χ4v) is 2.74. The molecule has 0 radical (unpaired) electrons. The van der Waals surface area contributed by atoms with E-state index in [2.05, 4.69) is 21.2 Å². The average molecular weight is 303 g/mol. The summed E-state index contributed by atoms with van der Waals surface area (Å²) in [5.74, 6) is 0.000905. The molecule has 3 rings (SSSR count). The Kier molecular flexibility index (Phi) is 2.59. The number of hydrogen-bond acceptors (Lipinski definition) is 2. The second-order valence-electron chi connectivity index (χ2n) is 4.30. The number of benzene rings is 2. The molecule has 2 aromatic carbocycles. The third-order valence-corrected chi connectivity index (χ3v) is 3.74. The van der Waals surface area contributed by atoms with E-state index in [1.54, 1.807) is 0 Å². The maximum atomic E-state index is 11.4. The Hall–Kier alpha value is -1.81. The molecule has 0 bridgehead atoms. The minimum Gasteiger partial charge on any atom is -0.397 e. The summed E-state index contributed by atoms with van der Waals surface area (Å²) in [5.41, 5.74) is 10.4. The highest BCUT2D eigenvalue weighted by Crippen LogP contribution is 2.36. The molecule has 0 saturated heterocycles. The highest BCUT2D eigenvalue weighted by atomic mass is 79.9. The molecule has 1 aliphatic heterocycles. The third kappa shape index (κ3) is 1.78. The summed E-state index contributed by atoms with van der Waals surface area (Å²) >= 11 is 3.53. The Balaban J connectivity index is 2.16. The topological polar surface area (TPSA) is 55.1 Å². The van der Waals surface area contributed by atoms with Gasteiger partial charge in [-0.3, -0.25) is 4.79 Å². The molecule has 0 atom stereocenters. The van der Waals surface area contributed by atoms with Crippen LogP contribution in [0.1, 0.15) is 5.56 Å². The number of halogens is 1. The van der Waals surface area contributed by atoms with Crippen molar-refractivity contribution in [1.29, 1.82) is 0 Å². The van der Waals surface area contributed by atoms with Crippen LogP contribution in [0.5, 0.6) is 0 Å². The minimum absolute atomic E-state index is 0.000905. The molecule has 0 spiro atoms. The maximum absolute atomic E-state index is 11.4. The quantitative estimate of drug-likeness (QED) is 0.795. The Labute approximate surface area is 113 Å². The van der Waals surface area contributed by atoms with Crippen LogP contribution in [-0.4, -0.2) is 5.91 Å². The molecule has 0 saturated carbocycles. The lowest BCUT2D eigenvalue weighted by atomic mass is 10.0. The molecule has 3 N–H and O–H groups in total. The van der Waals surface area contributed by atoms with E-state index in [-0.39, 0.29) is 5.91 Å². The second-order valence-corrected chi connectivity index (χ2v) is 5.16. The zero-order chi connectivity index (χ0) is 12.7. The van der Waals surface area contributed by atoms with Gasteiger partial charge in [-0.25, -0.2) is 0 Å². The molecule has 0 unspecified atom stereocenters.